The van der Waals surface area contributed by atoms with E-state index in [-0.39, 0.29) is 35.5 Å². The van der Waals surface area contributed by atoms with E-state index in [2.05, 4.69) is 12.2 Å². The molecule has 5 nitrogen and oxygen atoms in total. The zero-order valence-corrected chi connectivity index (χ0v) is 15.6. The van der Waals surface area contributed by atoms with Gasteiger partial charge in [-0.1, -0.05) is 30.4 Å². The van der Waals surface area contributed by atoms with Crippen molar-refractivity contribution in [3.8, 4) is 5.75 Å². The van der Waals surface area contributed by atoms with Gasteiger partial charge in [-0.05, 0) is 66.5 Å². The fraction of sp³-hybridized carbons (Fsp3) is 0.292. The van der Waals surface area contributed by atoms with Crippen LogP contribution >= 0.6 is 0 Å². The minimum absolute atomic E-state index is 0.0845. The molecule has 0 unspecified atom stereocenters. The van der Waals surface area contributed by atoms with Crippen molar-refractivity contribution in [3.05, 3.63) is 72.3 Å². The maximum atomic E-state index is 13.1. The van der Waals surface area contributed by atoms with Gasteiger partial charge in [0.1, 0.15) is 5.75 Å². The van der Waals surface area contributed by atoms with Crippen LogP contribution in [0.2, 0.25) is 0 Å². The van der Waals surface area contributed by atoms with Crippen molar-refractivity contribution < 1.29 is 19.1 Å². The Balaban J connectivity index is 1.23. The predicted octanol–water partition coefficient (Wildman–Crippen LogP) is 3.46. The Morgan fingerprint density at radius 1 is 0.828 bits per heavy atom. The Morgan fingerprint density at radius 3 is 2.00 bits per heavy atom. The molecule has 2 aromatic carbocycles. The van der Waals surface area contributed by atoms with Crippen molar-refractivity contribution in [1.82, 2.24) is 0 Å². The van der Waals surface area contributed by atoms with Crippen LogP contribution in [0.5, 0.6) is 5.75 Å². The minimum atomic E-state index is -0.445. The molecule has 1 saturated heterocycles. The van der Waals surface area contributed by atoms with E-state index in [1.807, 2.05) is 6.07 Å². The molecule has 0 spiro atoms. The smallest absolute Gasteiger partial charge is 0.343 e. The molecule has 0 radical (unpaired) electrons. The first kappa shape index (κ1) is 16.7. The molecule has 7 rings (SSSR count). The van der Waals surface area contributed by atoms with Gasteiger partial charge in [-0.15, -0.1) is 0 Å². The second-order valence-corrected chi connectivity index (χ2v) is 8.42. The quantitative estimate of drug-likeness (QED) is 0.351. The number of hydrogen-bond donors (Lipinski definition) is 0. The number of allylic oxidation sites excluding steroid dienone is 2. The molecule has 3 fully saturated rings. The molecule has 144 valence electrons. The van der Waals surface area contributed by atoms with E-state index >= 15 is 0 Å². The summed E-state index contributed by atoms with van der Waals surface area (Å²) in [4.78, 5) is 39.8. The third-order valence-corrected chi connectivity index (χ3v) is 6.98. The lowest BCUT2D eigenvalue weighted by Gasteiger charge is -2.37. The molecule has 0 N–H and O–H groups in total. The number of imide groups is 1. The molecular weight excluding hydrogens is 366 g/mol. The molecule has 0 aromatic heterocycles. The van der Waals surface area contributed by atoms with Crippen LogP contribution in [0.25, 0.3) is 0 Å². The second kappa shape index (κ2) is 5.89. The number of ether oxygens (including phenoxy) is 1. The van der Waals surface area contributed by atoms with Crippen LogP contribution in [0, 0.1) is 35.5 Å². The van der Waals surface area contributed by atoms with E-state index in [1.54, 1.807) is 48.5 Å². The number of benzene rings is 2. The molecule has 5 aliphatic rings. The third-order valence-electron chi connectivity index (χ3n) is 6.98. The van der Waals surface area contributed by atoms with Crippen LogP contribution in [-0.4, -0.2) is 17.8 Å². The zero-order valence-electron chi connectivity index (χ0n) is 15.6. The Labute approximate surface area is 168 Å². The van der Waals surface area contributed by atoms with Gasteiger partial charge in [0.2, 0.25) is 11.8 Å². The summed E-state index contributed by atoms with van der Waals surface area (Å²) >= 11 is 0. The van der Waals surface area contributed by atoms with E-state index in [4.69, 9.17) is 4.74 Å². The minimum Gasteiger partial charge on any atom is -0.423 e. The average Bonchev–Trinajstić information content (AvgIpc) is 3.53. The SMILES string of the molecule is O=C(Oc1ccc(N2C(=O)[C@@H]3[C@H]4C=C[C@@H]([C@@H]5C[C@@H]45)[C@@H]3C2=O)cc1)c1ccccc1. The number of esters is 1. The Kier molecular flexibility index (Phi) is 3.40. The van der Waals surface area contributed by atoms with Gasteiger partial charge in [-0.3, -0.25) is 14.5 Å². The van der Waals surface area contributed by atoms with Crippen molar-refractivity contribution in [1.29, 1.82) is 0 Å². The maximum absolute atomic E-state index is 13.1. The summed E-state index contributed by atoms with van der Waals surface area (Å²) in [5.74, 6) is 0.934. The Morgan fingerprint density at radius 2 is 1.41 bits per heavy atom. The molecule has 2 bridgehead atoms. The first-order chi connectivity index (χ1) is 14.1. The lowest BCUT2D eigenvalue weighted by Crippen LogP contribution is -2.40. The molecular formula is C24H19NO4. The molecule has 1 aliphatic heterocycles. The molecule has 29 heavy (non-hydrogen) atoms. The van der Waals surface area contributed by atoms with Gasteiger partial charge in [0.05, 0.1) is 23.1 Å². The van der Waals surface area contributed by atoms with Gasteiger partial charge < -0.3 is 4.74 Å². The average molecular weight is 385 g/mol. The highest BCUT2D eigenvalue weighted by molar-refractivity contribution is 6.22. The van der Waals surface area contributed by atoms with Crippen molar-refractivity contribution >= 4 is 23.5 Å². The van der Waals surface area contributed by atoms with Crippen LogP contribution in [0.1, 0.15) is 16.8 Å². The van der Waals surface area contributed by atoms with Crippen molar-refractivity contribution in [2.45, 2.75) is 6.42 Å². The van der Waals surface area contributed by atoms with Crippen LogP contribution in [0.4, 0.5) is 5.69 Å². The van der Waals surface area contributed by atoms with Gasteiger partial charge in [-0.25, -0.2) is 4.79 Å². The number of carbonyl (C=O) groups is 3. The molecule has 4 aliphatic carbocycles. The highest BCUT2D eigenvalue weighted by Crippen LogP contribution is 2.65. The summed E-state index contributed by atoms with van der Waals surface area (Å²) in [5, 5.41) is 0. The summed E-state index contributed by atoms with van der Waals surface area (Å²) < 4.78 is 5.39. The molecule has 2 amide bonds. The number of rotatable bonds is 3. The normalized spacial score (nSPS) is 33.4. The number of carbonyl (C=O) groups excluding carboxylic acids is 3. The van der Waals surface area contributed by atoms with E-state index in [1.165, 1.54) is 4.90 Å². The van der Waals surface area contributed by atoms with Crippen molar-refractivity contribution in [2.75, 3.05) is 4.90 Å². The Hall–Kier alpha value is -3.21. The first-order valence-electron chi connectivity index (χ1n) is 10.1. The zero-order chi connectivity index (χ0) is 19.7. The van der Waals surface area contributed by atoms with Crippen molar-refractivity contribution in [3.63, 3.8) is 0 Å². The van der Waals surface area contributed by atoms with Gasteiger partial charge in [0.25, 0.3) is 0 Å². The summed E-state index contributed by atoms with van der Waals surface area (Å²) in [5.41, 5.74) is 1.01. The fourth-order valence-corrected chi connectivity index (χ4v) is 5.61. The van der Waals surface area contributed by atoms with Crippen LogP contribution < -0.4 is 9.64 Å². The van der Waals surface area contributed by atoms with Crippen molar-refractivity contribution in [2.24, 2.45) is 35.5 Å². The maximum Gasteiger partial charge on any atom is 0.343 e. The molecule has 2 saturated carbocycles. The van der Waals surface area contributed by atoms with E-state index in [9.17, 15) is 14.4 Å². The van der Waals surface area contributed by atoms with Crippen LogP contribution in [0.15, 0.2) is 66.7 Å². The first-order valence-corrected chi connectivity index (χ1v) is 10.1. The summed E-state index contributed by atoms with van der Waals surface area (Å²) in [6, 6.07) is 15.4. The number of hydrogen-bond acceptors (Lipinski definition) is 4. The Bertz CT molecular complexity index is 1020. The van der Waals surface area contributed by atoms with E-state index < -0.39 is 5.97 Å². The largest absolute Gasteiger partial charge is 0.423 e. The van der Waals surface area contributed by atoms with E-state index in [0.717, 1.165) is 6.42 Å². The summed E-state index contributed by atoms with van der Waals surface area (Å²) in [6.07, 6.45) is 5.49. The molecule has 1 heterocycles. The lowest BCUT2D eigenvalue weighted by atomic mass is 9.63. The summed E-state index contributed by atoms with van der Waals surface area (Å²) in [6.45, 7) is 0. The number of nitrogens with zero attached hydrogens (tertiary/aromatic N) is 1. The third kappa shape index (κ3) is 2.36. The molecule has 6 atom stereocenters. The predicted molar refractivity (Wildman–Crippen MR) is 105 cm³/mol. The van der Waals surface area contributed by atoms with Gasteiger partial charge in [0.15, 0.2) is 0 Å². The lowest BCUT2D eigenvalue weighted by molar-refractivity contribution is -0.124. The standard InChI is InChI=1S/C24H19NO4/c26-22-20-16-10-11-17(19-12-18(16)19)21(20)23(27)25(22)14-6-8-15(9-7-14)29-24(28)13-4-2-1-3-5-13/h1-11,16-21H,12H2/t16-,17-,18-,19-,20-,21+/m0/s1. The van der Waals surface area contributed by atoms with Crippen LogP contribution in [0.3, 0.4) is 0 Å². The van der Waals surface area contributed by atoms with Gasteiger partial charge >= 0.3 is 5.97 Å². The number of amides is 2. The molecule has 5 heteroatoms. The fourth-order valence-electron chi connectivity index (χ4n) is 5.61. The van der Waals surface area contributed by atoms with Crippen LogP contribution in [-0.2, 0) is 9.59 Å². The topological polar surface area (TPSA) is 63.7 Å². The second-order valence-electron chi connectivity index (χ2n) is 8.42. The number of anilines is 1. The van der Waals surface area contributed by atoms with Gasteiger partial charge in [-0.2, -0.15) is 0 Å². The van der Waals surface area contributed by atoms with E-state index in [0.29, 0.717) is 28.8 Å². The monoisotopic (exact) mass is 385 g/mol. The highest BCUT2D eigenvalue weighted by atomic mass is 16.5. The van der Waals surface area contributed by atoms with Gasteiger partial charge in [0, 0.05) is 0 Å². The molecule has 2 aromatic rings. The summed E-state index contributed by atoms with van der Waals surface area (Å²) in [7, 11) is 0. The highest BCUT2D eigenvalue weighted by Gasteiger charge is 2.67.